The van der Waals surface area contributed by atoms with E-state index in [0.29, 0.717) is 18.1 Å². The lowest BCUT2D eigenvalue weighted by molar-refractivity contribution is -0.385. The molecule has 0 saturated heterocycles. The van der Waals surface area contributed by atoms with Gasteiger partial charge in [0.05, 0.1) is 10.6 Å². The average Bonchev–Trinajstić information content (AvgIpc) is 2.30. The number of amides is 1. The van der Waals surface area contributed by atoms with Crippen molar-refractivity contribution in [3.63, 3.8) is 0 Å². The molecule has 9 heteroatoms. The molecule has 6 nitrogen and oxygen atoms in total. The minimum atomic E-state index is -4.94. The Balaban J connectivity index is 3.17. The highest BCUT2D eigenvalue weighted by molar-refractivity contribution is 5.99. The summed E-state index contributed by atoms with van der Waals surface area (Å²) in [5.41, 5.74) is 2.23. The fraction of sp³-hybridized carbons (Fsp3) is 0.417. The normalized spacial score (nSPS) is 14.4. The van der Waals surface area contributed by atoms with Crippen molar-refractivity contribution in [3.8, 4) is 0 Å². The second-order valence-electron chi connectivity index (χ2n) is 4.86. The number of alkyl halides is 3. The molecule has 0 bridgehead atoms. The van der Waals surface area contributed by atoms with Gasteiger partial charge >= 0.3 is 6.18 Å². The maximum atomic E-state index is 12.7. The van der Waals surface area contributed by atoms with Crippen LogP contribution in [0, 0.1) is 24.0 Å². The van der Waals surface area contributed by atoms with Gasteiger partial charge in [-0.3, -0.25) is 14.9 Å². The molecule has 0 heterocycles. The van der Waals surface area contributed by atoms with E-state index in [2.05, 4.69) is 0 Å². The molecule has 1 aromatic carbocycles. The first-order valence-corrected chi connectivity index (χ1v) is 5.80. The van der Waals surface area contributed by atoms with Gasteiger partial charge in [-0.15, -0.1) is 0 Å². The largest absolute Gasteiger partial charge is 0.415 e. The number of aryl methyl sites for hydroxylation is 2. The number of hydrogen-bond donors (Lipinski definition) is 2. The number of nitro groups is 1. The fourth-order valence-corrected chi connectivity index (χ4v) is 1.55. The Morgan fingerprint density at radius 3 is 2.24 bits per heavy atom. The summed E-state index contributed by atoms with van der Waals surface area (Å²) in [7, 11) is 0. The van der Waals surface area contributed by atoms with Gasteiger partial charge in [0.15, 0.2) is 5.54 Å². The third-order valence-corrected chi connectivity index (χ3v) is 3.05. The lowest BCUT2D eigenvalue weighted by atomic mass is 10.0. The summed E-state index contributed by atoms with van der Waals surface area (Å²) in [6, 6.07) is 2.41. The molecular weight excluding hydrogens is 291 g/mol. The fourth-order valence-electron chi connectivity index (χ4n) is 1.55. The number of benzene rings is 1. The van der Waals surface area contributed by atoms with Gasteiger partial charge in [-0.2, -0.15) is 13.2 Å². The number of halogens is 3. The van der Waals surface area contributed by atoms with Crippen molar-refractivity contribution in [1.29, 1.82) is 0 Å². The first-order valence-electron chi connectivity index (χ1n) is 5.80. The zero-order valence-corrected chi connectivity index (χ0v) is 11.5. The summed E-state index contributed by atoms with van der Waals surface area (Å²) in [6.45, 7) is 3.52. The van der Waals surface area contributed by atoms with Crippen LogP contribution in [0.2, 0.25) is 0 Å². The minimum Gasteiger partial charge on any atom is -0.324 e. The molecule has 1 amide bonds. The van der Waals surface area contributed by atoms with Crippen molar-refractivity contribution in [2.75, 3.05) is 5.32 Å². The van der Waals surface area contributed by atoms with Crippen LogP contribution in [-0.4, -0.2) is 22.5 Å². The van der Waals surface area contributed by atoms with Crippen LogP contribution in [0.3, 0.4) is 0 Å². The smallest absolute Gasteiger partial charge is 0.324 e. The van der Waals surface area contributed by atoms with E-state index >= 15 is 0 Å². The predicted octanol–water partition coefficient (Wildman–Crippen LogP) is 2.43. The van der Waals surface area contributed by atoms with Crippen molar-refractivity contribution < 1.29 is 22.9 Å². The molecule has 0 aliphatic heterocycles. The minimum absolute atomic E-state index is 0.0850. The summed E-state index contributed by atoms with van der Waals surface area (Å²) in [4.78, 5) is 21.8. The van der Waals surface area contributed by atoms with Crippen LogP contribution in [0.1, 0.15) is 18.1 Å². The van der Waals surface area contributed by atoms with Gasteiger partial charge in [-0.25, -0.2) is 0 Å². The topological polar surface area (TPSA) is 98.3 Å². The first-order chi connectivity index (χ1) is 9.37. The van der Waals surface area contributed by atoms with Crippen molar-refractivity contribution in [2.24, 2.45) is 5.73 Å². The summed E-state index contributed by atoms with van der Waals surface area (Å²) >= 11 is 0. The highest BCUT2D eigenvalue weighted by atomic mass is 19.4. The van der Waals surface area contributed by atoms with E-state index in [-0.39, 0.29) is 11.4 Å². The number of nitro benzene ring substituents is 1. The zero-order valence-electron chi connectivity index (χ0n) is 11.5. The third kappa shape index (κ3) is 3.30. The number of anilines is 1. The second-order valence-corrected chi connectivity index (χ2v) is 4.86. The maximum Gasteiger partial charge on any atom is 0.415 e. The van der Waals surface area contributed by atoms with Gasteiger partial charge in [-0.1, -0.05) is 0 Å². The average molecular weight is 305 g/mol. The predicted molar refractivity (Wildman–Crippen MR) is 69.8 cm³/mol. The van der Waals surface area contributed by atoms with E-state index < -0.39 is 22.5 Å². The summed E-state index contributed by atoms with van der Waals surface area (Å²) < 4.78 is 38.0. The number of carbonyl (C=O) groups excluding carboxylic acids is 1. The Kier molecular flexibility index (Phi) is 4.28. The van der Waals surface area contributed by atoms with Gasteiger partial charge in [0.25, 0.3) is 11.6 Å². The Morgan fingerprint density at radius 1 is 1.29 bits per heavy atom. The van der Waals surface area contributed by atoms with Gasteiger partial charge in [0.1, 0.15) is 0 Å². The van der Waals surface area contributed by atoms with Crippen molar-refractivity contribution in [3.05, 3.63) is 33.4 Å². The lowest BCUT2D eigenvalue weighted by Crippen LogP contribution is -2.59. The Hall–Kier alpha value is -2.16. The quantitative estimate of drug-likeness (QED) is 0.662. The molecule has 1 aromatic rings. The zero-order chi connectivity index (χ0) is 16.6. The van der Waals surface area contributed by atoms with Gasteiger partial charge in [-0.05, 0) is 32.4 Å². The van der Waals surface area contributed by atoms with Crippen LogP contribution in [0.15, 0.2) is 12.1 Å². The number of nitrogens with one attached hydrogen (secondary N) is 1. The number of carbonyl (C=O) groups is 1. The molecule has 1 atom stereocenters. The SMILES string of the molecule is Cc1cc(C)c([N+](=O)[O-])cc1NC(=O)C(C)(N)C(F)(F)F. The third-order valence-electron chi connectivity index (χ3n) is 3.05. The molecule has 0 spiro atoms. The van der Waals surface area contributed by atoms with Crippen LogP contribution in [0.25, 0.3) is 0 Å². The van der Waals surface area contributed by atoms with Crippen LogP contribution < -0.4 is 11.1 Å². The molecule has 0 aliphatic carbocycles. The van der Waals surface area contributed by atoms with E-state index in [1.165, 1.54) is 19.9 Å². The summed E-state index contributed by atoms with van der Waals surface area (Å²) in [5.74, 6) is -1.49. The van der Waals surface area contributed by atoms with E-state index in [4.69, 9.17) is 5.73 Å². The molecular formula is C12H14F3N3O3. The molecule has 21 heavy (non-hydrogen) atoms. The van der Waals surface area contributed by atoms with Crippen LogP contribution >= 0.6 is 0 Å². The molecule has 0 saturated carbocycles. The monoisotopic (exact) mass is 305 g/mol. The molecule has 3 N–H and O–H groups in total. The second kappa shape index (κ2) is 5.32. The number of nitrogens with zero attached hydrogens (tertiary/aromatic N) is 1. The van der Waals surface area contributed by atoms with E-state index in [9.17, 15) is 28.1 Å². The molecule has 0 fully saturated rings. The van der Waals surface area contributed by atoms with Gasteiger partial charge in [0.2, 0.25) is 0 Å². The van der Waals surface area contributed by atoms with Crippen molar-refractivity contribution >= 4 is 17.3 Å². The van der Waals surface area contributed by atoms with Gasteiger partial charge < -0.3 is 11.1 Å². The Labute approximate surface area is 118 Å². The van der Waals surface area contributed by atoms with Crippen LogP contribution in [0.5, 0.6) is 0 Å². The Morgan fingerprint density at radius 2 is 1.81 bits per heavy atom. The molecule has 0 radical (unpaired) electrons. The Bertz CT molecular complexity index is 597. The van der Waals surface area contributed by atoms with E-state index in [1.54, 1.807) is 0 Å². The maximum absolute atomic E-state index is 12.7. The van der Waals surface area contributed by atoms with Crippen molar-refractivity contribution in [1.82, 2.24) is 0 Å². The standard InChI is InChI=1S/C12H14F3N3O3/c1-6-4-7(2)9(18(20)21)5-8(6)17-10(19)11(3,16)12(13,14)15/h4-5H,16H2,1-3H3,(H,17,19). The van der Waals surface area contributed by atoms with Gasteiger partial charge in [0, 0.05) is 11.6 Å². The highest BCUT2D eigenvalue weighted by Gasteiger charge is 2.54. The summed E-state index contributed by atoms with van der Waals surface area (Å²) in [5, 5.41) is 12.8. The van der Waals surface area contributed by atoms with Crippen LogP contribution in [0.4, 0.5) is 24.5 Å². The number of rotatable bonds is 3. The van der Waals surface area contributed by atoms with E-state index in [1.807, 2.05) is 5.32 Å². The molecule has 1 unspecified atom stereocenters. The number of hydrogen-bond acceptors (Lipinski definition) is 4. The lowest BCUT2D eigenvalue weighted by Gasteiger charge is -2.26. The molecule has 116 valence electrons. The number of nitrogens with two attached hydrogens (primary N) is 1. The highest BCUT2D eigenvalue weighted by Crippen LogP contribution is 2.31. The van der Waals surface area contributed by atoms with Crippen LogP contribution in [-0.2, 0) is 4.79 Å². The van der Waals surface area contributed by atoms with E-state index in [0.717, 1.165) is 6.07 Å². The molecule has 0 aliphatic rings. The molecule has 0 aromatic heterocycles. The molecule has 1 rings (SSSR count). The summed E-state index contributed by atoms with van der Waals surface area (Å²) in [6.07, 6.45) is -4.94. The first kappa shape index (κ1) is 16.9. The van der Waals surface area contributed by atoms with Crippen molar-refractivity contribution in [2.45, 2.75) is 32.5 Å².